The van der Waals surface area contributed by atoms with Crippen LogP contribution in [0, 0.1) is 6.92 Å². The largest absolute Gasteiger partial charge is 0.383 e. The van der Waals surface area contributed by atoms with Crippen LogP contribution in [0.25, 0.3) is 0 Å². The highest BCUT2D eigenvalue weighted by molar-refractivity contribution is 5.38. The molecule has 1 aromatic carbocycles. The lowest BCUT2D eigenvalue weighted by molar-refractivity contribution is 0.154. The minimum Gasteiger partial charge on any atom is -0.383 e. The summed E-state index contributed by atoms with van der Waals surface area (Å²) in [6, 6.07) is 9.12. The van der Waals surface area contributed by atoms with E-state index in [1.165, 1.54) is 42.4 Å². The van der Waals surface area contributed by atoms with E-state index in [-0.39, 0.29) is 5.41 Å². The molecule has 0 aromatic heterocycles. The average molecular weight is 301 g/mol. The van der Waals surface area contributed by atoms with Gasteiger partial charge in [-0.05, 0) is 31.9 Å². The van der Waals surface area contributed by atoms with Gasteiger partial charge in [0.05, 0.1) is 6.61 Å². The third kappa shape index (κ3) is 3.80. The first kappa shape index (κ1) is 17.2. The lowest BCUT2D eigenvalue weighted by Gasteiger charge is -2.35. The van der Waals surface area contributed by atoms with Crippen LogP contribution in [-0.4, -0.2) is 38.3 Å². The number of ether oxygens (including phenoxy) is 1. The molecule has 0 N–H and O–H groups in total. The monoisotopic (exact) mass is 301 g/mol. The maximum absolute atomic E-state index is 5.23. The van der Waals surface area contributed by atoms with Gasteiger partial charge in [-0.1, -0.05) is 61.7 Å². The predicted molar refractivity (Wildman–Crippen MR) is 94.5 cm³/mol. The zero-order valence-corrected chi connectivity index (χ0v) is 14.5. The molecular formula is C20H31NO. The number of benzene rings is 1. The van der Waals surface area contributed by atoms with Crippen LogP contribution >= 0.6 is 0 Å². The van der Waals surface area contributed by atoms with E-state index >= 15 is 0 Å². The summed E-state index contributed by atoms with van der Waals surface area (Å²) in [5.74, 6) is 0. The van der Waals surface area contributed by atoms with Gasteiger partial charge in [-0.2, -0.15) is 0 Å². The van der Waals surface area contributed by atoms with Crippen molar-refractivity contribution in [3.8, 4) is 0 Å². The van der Waals surface area contributed by atoms with Gasteiger partial charge in [0.15, 0.2) is 0 Å². The molecule has 0 aliphatic heterocycles. The maximum atomic E-state index is 5.23. The first-order chi connectivity index (χ1) is 10.6. The molecule has 1 aromatic rings. The Bertz CT molecular complexity index is 471. The minimum absolute atomic E-state index is 0.189. The number of aryl methyl sites for hydroxylation is 1. The topological polar surface area (TPSA) is 12.5 Å². The van der Waals surface area contributed by atoms with Crippen molar-refractivity contribution >= 4 is 0 Å². The Hall–Kier alpha value is -1.12. The van der Waals surface area contributed by atoms with E-state index in [0.717, 1.165) is 26.2 Å². The molecule has 0 spiro atoms. The van der Waals surface area contributed by atoms with Crippen molar-refractivity contribution in [3.05, 3.63) is 47.5 Å². The summed E-state index contributed by atoms with van der Waals surface area (Å²) < 4.78 is 5.23. The van der Waals surface area contributed by atoms with Crippen LogP contribution in [0.2, 0.25) is 0 Å². The summed E-state index contributed by atoms with van der Waals surface area (Å²) in [5.41, 5.74) is 4.36. The molecule has 0 unspecified atom stereocenters. The van der Waals surface area contributed by atoms with Gasteiger partial charge in [-0.3, -0.25) is 4.90 Å². The highest BCUT2D eigenvalue weighted by Gasteiger charge is 2.38. The number of likely N-dealkylation sites (N-methyl/N-ethyl adjacent to an activating group) is 1. The highest BCUT2D eigenvalue weighted by atomic mass is 16.5. The SMILES string of the molecule is C=C(CN(CC)CCOC)C1(c2ccc(C)cc2)CCCC1. The summed E-state index contributed by atoms with van der Waals surface area (Å²) in [4.78, 5) is 2.44. The Morgan fingerprint density at radius 3 is 2.41 bits per heavy atom. The molecule has 0 heterocycles. The quantitative estimate of drug-likeness (QED) is 0.663. The Morgan fingerprint density at radius 1 is 1.23 bits per heavy atom. The van der Waals surface area contributed by atoms with Crippen LogP contribution < -0.4 is 0 Å². The zero-order valence-electron chi connectivity index (χ0n) is 14.5. The fourth-order valence-electron chi connectivity index (χ4n) is 3.69. The molecule has 122 valence electrons. The van der Waals surface area contributed by atoms with Crippen LogP contribution in [-0.2, 0) is 10.2 Å². The lowest BCUT2D eigenvalue weighted by Crippen LogP contribution is -2.35. The second kappa shape index (κ2) is 7.94. The van der Waals surface area contributed by atoms with Gasteiger partial charge in [0.2, 0.25) is 0 Å². The summed E-state index contributed by atoms with van der Waals surface area (Å²) in [6.07, 6.45) is 5.13. The summed E-state index contributed by atoms with van der Waals surface area (Å²) >= 11 is 0. The fraction of sp³-hybridized carbons (Fsp3) is 0.600. The normalized spacial score (nSPS) is 17.1. The summed E-state index contributed by atoms with van der Waals surface area (Å²) in [6.45, 7) is 12.7. The van der Waals surface area contributed by atoms with Crippen molar-refractivity contribution in [1.82, 2.24) is 4.90 Å². The van der Waals surface area contributed by atoms with Gasteiger partial charge in [0.1, 0.15) is 0 Å². The second-order valence-electron chi connectivity index (χ2n) is 6.62. The molecule has 0 radical (unpaired) electrons. The van der Waals surface area contributed by atoms with Crippen molar-refractivity contribution in [3.63, 3.8) is 0 Å². The molecule has 1 fully saturated rings. The number of methoxy groups -OCH3 is 1. The molecular weight excluding hydrogens is 270 g/mol. The molecule has 0 amide bonds. The third-order valence-corrected chi connectivity index (χ3v) is 5.21. The van der Waals surface area contributed by atoms with E-state index in [4.69, 9.17) is 4.74 Å². The lowest BCUT2D eigenvalue weighted by atomic mass is 9.73. The molecule has 0 saturated heterocycles. The first-order valence-electron chi connectivity index (χ1n) is 8.59. The van der Waals surface area contributed by atoms with Crippen molar-refractivity contribution in [2.75, 3.05) is 33.4 Å². The smallest absolute Gasteiger partial charge is 0.0589 e. The first-order valence-corrected chi connectivity index (χ1v) is 8.59. The van der Waals surface area contributed by atoms with Crippen LogP contribution in [0.5, 0.6) is 0 Å². The standard InChI is InChI=1S/C20H31NO/c1-5-21(14-15-22-4)16-18(3)20(12-6-7-13-20)19-10-8-17(2)9-11-19/h8-11H,3,5-7,12-16H2,1-2,4H3. The Kier molecular flexibility index (Phi) is 6.22. The number of rotatable bonds is 8. The molecule has 1 aliphatic rings. The summed E-state index contributed by atoms with van der Waals surface area (Å²) in [7, 11) is 1.77. The van der Waals surface area contributed by atoms with Gasteiger partial charge >= 0.3 is 0 Å². The summed E-state index contributed by atoms with van der Waals surface area (Å²) in [5, 5.41) is 0. The van der Waals surface area contributed by atoms with Gasteiger partial charge in [-0.15, -0.1) is 0 Å². The number of hydrogen-bond donors (Lipinski definition) is 0. The van der Waals surface area contributed by atoms with E-state index in [0.29, 0.717) is 0 Å². The van der Waals surface area contributed by atoms with E-state index in [9.17, 15) is 0 Å². The Morgan fingerprint density at radius 2 is 1.86 bits per heavy atom. The van der Waals surface area contributed by atoms with Gasteiger partial charge in [-0.25, -0.2) is 0 Å². The van der Waals surface area contributed by atoms with Crippen molar-refractivity contribution in [1.29, 1.82) is 0 Å². The average Bonchev–Trinajstić information content (AvgIpc) is 3.02. The predicted octanol–water partition coefficient (Wildman–Crippen LogP) is 4.33. The van der Waals surface area contributed by atoms with Crippen molar-refractivity contribution in [2.45, 2.75) is 44.9 Å². The molecule has 2 heteroatoms. The molecule has 22 heavy (non-hydrogen) atoms. The Balaban J connectivity index is 2.16. The van der Waals surface area contributed by atoms with Crippen LogP contribution in [0.15, 0.2) is 36.4 Å². The molecule has 1 aliphatic carbocycles. The van der Waals surface area contributed by atoms with E-state index in [2.05, 4.69) is 49.6 Å². The third-order valence-electron chi connectivity index (χ3n) is 5.21. The molecule has 0 atom stereocenters. The molecule has 2 rings (SSSR count). The van der Waals surface area contributed by atoms with Gasteiger partial charge in [0, 0.05) is 25.6 Å². The number of nitrogens with zero attached hydrogens (tertiary/aromatic N) is 1. The fourth-order valence-corrected chi connectivity index (χ4v) is 3.69. The minimum atomic E-state index is 0.189. The van der Waals surface area contributed by atoms with E-state index in [1.807, 2.05) is 0 Å². The number of hydrogen-bond acceptors (Lipinski definition) is 2. The van der Waals surface area contributed by atoms with E-state index in [1.54, 1.807) is 7.11 Å². The molecule has 1 saturated carbocycles. The second-order valence-corrected chi connectivity index (χ2v) is 6.62. The van der Waals surface area contributed by atoms with Crippen molar-refractivity contribution in [2.24, 2.45) is 0 Å². The Labute approximate surface area is 136 Å². The highest BCUT2D eigenvalue weighted by Crippen LogP contribution is 2.46. The maximum Gasteiger partial charge on any atom is 0.0589 e. The van der Waals surface area contributed by atoms with Crippen LogP contribution in [0.1, 0.15) is 43.7 Å². The van der Waals surface area contributed by atoms with Crippen molar-refractivity contribution < 1.29 is 4.74 Å². The van der Waals surface area contributed by atoms with Gasteiger partial charge in [0.25, 0.3) is 0 Å². The zero-order chi connectivity index (χ0) is 16.0. The van der Waals surface area contributed by atoms with Gasteiger partial charge < -0.3 is 4.74 Å². The molecule has 0 bridgehead atoms. The van der Waals surface area contributed by atoms with Crippen LogP contribution in [0.3, 0.4) is 0 Å². The van der Waals surface area contributed by atoms with Crippen LogP contribution in [0.4, 0.5) is 0 Å². The van der Waals surface area contributed by atoms with E-state index < -0.39 is 0 Å². The molecule has 2 nitrogen and oxygen atoms in total.